The first kappa shape index (κ1) is 40.0. The number of benzene rings is 4. The maximum absolute atomic E-state index is 13.5. The Morgan fingerprint density at radius 3 is 2.07 bits per heavy atom. The smallest absolute Gasteiger partial charge is 0.264 e. The predicted molar refractivity (Wildman–Crippen MR) is 227 cm³/mol. The standard InChI is InChI=1S/C47H52N6O6/c1-2-38(32-7-4-3-5-8-32)43(33-11-15-36(54)16-12-33)34-13-17-37(18-14-34)59-30-29-50-25-27-52(28-26-50)31-51-23-21-35(22-24-51)48-40-10-6-9-39-44(40)47(58)53(46(39)57)41-19-20-42(55)49-45(41)56/h3-18,35,41,48,54H,2,19-31H2,1H3,(H,49,55,56)/b43-38-. The number of phenols is 1. The van der Waals surface area contributed by atoms with E-state index in [2.05, 4.69) is 80.8 Å². The average molecular weight is 797 g/mol. The van der Waals surface area contributed by atoms with Crippen LogP contribution >= 0.6 is 0 Å². The van der Waals surface area contributed by atoms with Gasteiger partial charge in [0.1, 0.15) is 24.1 Å². The molecule has 0 bridgehead atoms. The second-order valence-electron chi connectivity index (χ2n) is 15.8. The van der Waals surface area contributed by atoms with E-state index in [-0.39, 0.29) is 30.5 Å². The number of piperazine rings is 1. The number of piperidine rings is 2. The van der Waals surface area contributed by atoms with Gasteiger partial charge in [-0.1, -0.05) is 67.6 Å². The Kier molecular flexibility index (Phi) is 12.2. The van der Waals surface area contributed by atoms with Crippen LogP contribution in [-0.4, -0.2) is 120 Å². The first-order valence-corrected chi connectivity index (χ1v) is 20.8. The number of carbonyl (C=O) groups is 4. The van der Waals surface area contributed by atoms with Gasteiger partial charge in [-0.05, 0) is 89.9 Å². The van der Waals surface area contributed by atoms with E-state index in [4.69, 9.17) is 4.74 Å². The summed E-state index contributed by atoms with van der Waals surface area (Å²) in [6.45, 7) is 10.4. The number of carbonyl (C=O) groups excluding carboxylic acids is 4. The molecule has 0 aliphatic carbocycles. The Morgan fingerprint density at radius 2 is 1.39 bits per heavy atom. The summed E-state index contributed by atoms with van der Waals surface area (Å²) in [7, 11) is 0. The normalized spacial score (nSPS) is 20.0. The molecule has 4 aliphatic rings. The fraction of sp³-hybridized carbons (Fsp3) is 0.362. The summed E-state index contributed by atoms with van der Waals surface area (Å²) in [5, 5.41) is 15.8. The van der Waals surface area contributed by atoms with Gasteiger partial charge in [0.2, 0.25) is 11.8 Å². The number of anilines is 1. The Balaban J connectivity index is 0.782. The van der Waals surface area contributed by atoms with E-state index >= 15 is 0 Å². The van der Waals surface area contributed by atoms with Gasteiger partial charge in [-0.25, -0.2) is 0 Å². The minimum atomic E-state index is -0.980. The molecule has 12 nitrogen and oxygen atoms in total. The quantitative estimate of drug-likeness (QED) is 0.114. The lowest BCUT2D eigenvalue weighted by atomic mass is 9.88. The molecule has 1 unspecified atom stereocenters. The summed E-state index contributed by atoms with van der Waals surface area (Å²) >= 11 is 0. The van der Waals surface area contributed by atoms with Gasteiger partial charge in [-0.2, -0.15) is 0 Å². The number of phenolic OH excluding ortho intramolecular Hbond substituents is 1. The van der Waals surface area contributed by atoms with Crippen molar-refractivity contribution < 1.29 is 29.0 Å². The number of aromatic hydroxyl groups is 1. The molecular formula is C47H52N6O6. The van der Waals surface area contributed by atoms with E-state index in [1.807, 2.05) is 24.3 Å². The number of amides is 4. The number of rotatable bonds is 13. The molecule has 4 heterocycles. The van der Waals surface area contributed by atoms with Crippen LogP contribution in [0.25, 0.3) is 11.1 Å². The number of likely N-dealkylation sites (tertiary alicyclic amines) is 1. The van der Waals surface area contributed by atoms with Crippen molar-refractivity contribution in [3.63, 3.8) is 0 Å². The molecule has 0 radical (unpaired) electrons. The van der Waals surface area contributed by atoms with Crippen molar-refractivity contribution in [3.05, 3.63) is 125 Å². The molecule has 0 spiro atoms. The molecular weight excluding hydrogens is 745 g/mol. The summed E-state index contributed by atoms with van der Waals surface area (Å²) in [5.41, 5.74) is 6.97. The number of fused-ring (bicyclic) bond motifs is 1. The average Bonchev–Trinajstić information content (AvgIpc) is 3.51. The van der Waals surface area contributed by atoms with Gasteiger partial charge in [-0.3, -0.25) is 44.1 Å². The first-order chi connectivity index (χ1) is 28.7. The van der Waals surface area contributed by atoms with E-state index in [1.165, 1.54) is 11.1 Å². The third kappa shape index (κ3) is 8.95. The highest BCUT2D eigenvalue weighted by molar-refractivity contribution is 6.25. The zero-order valence-corrected chi connectivity index (χ0v) is 33.6. The molecule has 3 fully saturated rings. The molecule has 59 heavy (non-hydrogen) atoms. The maximum Gasteiger partial charge on any atom is 0.264 e. The van der Waals surface area contributed by atoms with Crippen LogP contribution in [0, 0.1) is 0 Å². The Bertz CT molecular complexity index is 2190. The largest absolute Gasteiger partial charge is 0.508 e. The number of hydrogen-bond donors (Lipinski definition) is 3. The number of hydrogen-bond acceptors (Lipinski definition) is 10. The fourth-order valence-corrected chi connectivity index (χ4v) is 8.83. The molecule has 4 aromatic rings. The molecule has 306 valence electrons. The van der Waals surface area contributed by atoms with E-state index in [0.29, 0.717) is 23.4 Å². The SMILES string of the molecule is CC/C(=C(\c1ccc(O)cc1)c1ccc(OCCN2CCN(CN3CCC(Nc4cccc5c4C(=O)N(C4CCC(=O)NC4=O)C5=O)CC3)CC2)cc1)c1ccccc1. The van der Waals surface area contributed by atoms with Gasteiger partial charge < -0.3 is 15.2 Å². The van der Waals surface area contributed by atoms with Gasteiger partial charge in [0, 0.05) is 64.0 Å². The topological polar surface area (TPSA) is 135 Å². The number of allylic oxidation sites excluding steroid dienone is 1. The van der Waals surface area contributed by atoms with Crippen molar-refractivity contribution in [2.45, 2.75) is 51.1 Å². The van der Waals surface area contributed by atoms with Crippen molar-refractivity contribution in [2.75, 3.05) is 64.4 Å². The Labute approximate surface area is 345 Å². The van der Waals surface area contributed by atoms with Crippen molar-refractivity contribution in [1.82, 2.24) is 24.9 Å². The third-order valence-corrected chi connectivity index (χ3v) is 12.0. The van der Waals surface area contributed by atoms with Gasteiger partial charge in [0.05, 0.1) is 17.8 Å². The predicted octanol–water partition coefficient (Wildman–Crippen LogP) is 5.69. The fourth-order valence-electron chi connectivity index (χ4n) is 8.83. The molecule has 0 saturated carbocycles. The van der Waals surface area contributed by atoms with Crippen LogP contribution in [0.1, 0.15) is 76.4 Å². The molecule has 12 heteroatoms. The highest BCUT2D eigenvalue weighted by atomic mass is 16.5. The summed E-state index contributed by atoms with van der Waals surface area (Å²) < 4.78 is 6.23. The van der Waals surface area contributed by atoms with Crippen LogP contribution in [0.3, 0.4) is 0 Å². The monoisotopic (exact) mass is 796 g/mol. The van der Waals surface area contributed by atoms with Gasteiger partial charge in [0.15, 0.2) is 0 Å². The van der Waals surface area contributed by atoms with Crippen molar-refractivity contribution in [1.29, 1.82) is 0 Å². The maximum atomic E-state index is 13.5. The van der Waals surface area contributed by atoms with Crippen molar-refractivity contribution in [2.24, 2.45) is 0 Å². The molecule has 4 aliphatic heterocycles. The Morgan fingerprint density at radius 1 is 0.729 bits per heavy atom. The van der Waals surface area contributed by atoms with Crippen LogP contribution in [0.2, 0.25) is 0 Å². The Hall–Kier alpha value is -5.82. The van der Waals surface area contributed by atoms with Gasteiger partial charge in [-0.15, -0.1) is 0 Å². The first-order valence-electron chi connectivity index (χ1n) is 20.8. The summed E-state index contributed by atoms with van der Waals surface area (Å²) in [6.07, 6.45) is 2.90. The minimum Gasteiger partial charge on any atom is -0.508 e. The lowest BCUT2D eigenvalue weighted by Gasteiger charge is -2.40. The van der Waals surface area contributed by atoms with Crippen molar-refractivity contribution in [3.8, 4) is 11.5 Å². The van der Waals surface area contributed by atoms with Gasteiger partial charge in [0.25, 0.3) is 11.8 Å². The second-order valence-corrected chi connectivity index (χ2v) is 15.8. The van der Waals surface area contributed by atoms with Gasteiger partial charge >= 0.3 is 0 Å². The van der Waals surface area contributed by atoms with Crippen LogP contribution in [-0.2, 0) is 9.59 Å². The molecule has 3 saturated heterocycles. The molecule has 3 N–H and O–H groups in total. The number of nitrogens with one attached hydrogen (secondary N) is 2. The zero-order valence-electron chi connectivity index (χ0n) is 33.6. The molecule has 4 aromatic carbocycles. The van der Waals surface area contributed by atoms with E-state index in [1.54, 1.807) is 24.3 Å². The summed E-state index contributed by atoms with van der Waals surface area (Å²) in [6, 6.07) is 30.6. The lowest BCUT2D eigenvalue weighted by Crippen LogP contribution is -2.54. The highest BCUT2D eigenvalue weighted by Crippen LogP contribution is 2.36. The van der Waals surface area contributed by atoms with E-state index < -0.39 is 23.8 Å². The van der Waals surface area contributed by atoms with Crippen LogP contribution < -0.4 is 15.4 Å². The molecule has 1 atom stereocenters. The summed E-state index contributed by atoms with van der Waals surface area (Å²) in [5.74, 6) is -0.875. The number of nitrogens with zero attached hydrogens (tertiary/aromatic N) is 4. The van der Waals surface area contributed by atoms with E-state index in [9.17, 15) is 24.3 Å². The molecule has 0 aromatic heterocycles. The third-order valence-electron chi connectivity index (χ3n) is 12.0. The van der Waals surface area contributed by atoms with Crippen molar-refractivity contribution >= 4 is 40.5 Å². The zero-order chi connectivity index (χ0) is 40.9. The number of ether oxygens (including phenoxy) is 1. The van der Waals surface area contributed by atoms with E-state index in [0.717, 1.165) is 99.1 Å². The number of imide groups is 2. The van der Waals surface area contributed by atoms with Crippen LogP contribution in [0.5, 0.6) is 11.5 Å². The van der Waals surface area contributed by atoms with Crippen LogP contribution in [0.4, 0.5) is 5.69 Å². The lowest BCUT2D eigenvalue weighted by molar-refractivity contribution is -0.136. The summed E-state index contributed by atoms with van der Waals surface area (Å²) in [4.78, 5) is 59.5. The minimum absolute atomic E-state index is 0.0921. The molecule has 4 amide bonds. The van der Waals surface area contributed by atoms with Crippen LogP contribution in [0.15, 0.2) is 97.1 Å². The molecule has 8 rings (SSSR count). The highest BCUT2D eigenvalue weighted by Gasteiger charge is 2.45. The second kappa shape index (κ2) is 18.0.